The van der Waals surface area contributed by atoms with Gasteiger partial charge in [-0.25, -0.2) is 4.98 Å². The Balaban J connectivity index is 2.18. The van der Waals surface area contributed by atoms with E-state index >= 15 is 0 Å². The third-order valence-electron chi connectivity index (χ3n) is 3.67. The largest absolute Gasteiger partial charge is 0.508 e. The first-order valence-corrected chi connectivity index (χ1v) is 8.44. The number of aliphatic hydroxyl groups excluding tert-OH is 1. The van der Waals surface area contributed by atoms with Crippen molar-refractivity contribution in [3.8, 4) is 5.75 Å². The van der Waals surface area contributed by atoms with Gasteiger partial charge in [0.1, 0.15) is 17.6 Å². The number of hydrazone groups is 1. The lowest BCUT2D eigenvalue weighted by Crippen LogP contribution is -2.31. The van der Waals surface area contributed by atoms with Crippen molar-refractivity contribution in [2.45, 2.75) is 6.10 Å². The predicted molar refractivity (Wildman–Crippen MR) is 107 cm³/mol. The number of hydrogen-bond acceptors (Lipinski definition) is 6. The number of benzene rings is 2. The fourth-order valence-corrected chi connectivity index (χ4v) is 2.67. The van der Waals surface area contributed by atoms with Gasteiger partial charge < -0.3 is 20.9 Å². The summed E-state index contributed by atoms with van der Waals surface area (Å²) < 4.78 is 0. The van der Waals surface area contributed by atoms with Gasteiger partial charge in [-0.2, -0.15) is 5.10 Å². The molecule has 0 saturated carbocycles. The molecule has 0 aliphatic rings. The number of phenols is 1. The molecule has 1 unspecified atom stereocenters. The van der Waals surface area contributed by atoms with Crippen LogP contribution in [-0.4, -0.2) is 31.0 Å². The molecule has 10 heteroatoms. The summed E-state index contributed by atoms with van der Waals surface area (Å²) in [5, 5.41) is 25.0. The maximum absolute atomic E-state index is 12.5. The van der Waals surface area contributed by atoms with Gasteiger partial charge in [0.15, 0.2) is 10.8 Å². The van der Waals surface area contributed by atoms with Crippen molar-refractivity contribution in [3.05, 3.63) is 69.1 Å². The number of hydrogen-bond donors (Lipinski definition) is 5. The van der Waals surface area contributed by atoms with E-state index < -0.39 is 11.7 Å². The van der Waals surface area contributed by atoms with Gasteiger partial charge in [-0.05, 0) is 36.5 Å². The van der Waals surface area contributed by atoms with Gasteiger partial charge in [0.2, 0.25) is 0 Å². The number of nitrogens with one attached hydrogen (secondary N) is 2. The van der Waals surface area contributed by atoms with Gasteiger partial charge in [-0.15, -0.1) is 0 Å². The van der Waals surface area contributed by atoms with Crippen LogP contribution in [0.25, 0.3) is 11.0 Å². The maximum Gasteiger partial charge on any atom is 0.276 e. The Labute approximate surface area is 163 Å². The van der Waals surface area contributed by atoms with E-state index in [0.29, 0.717) is 16.1 Å². The number of aliphatic hydroxyl groups is 1. The fourth-order valence-electron chi connectivity index (χ4n) is 2.46. The number of H-pyrrole nitrogens is 1. The lowest BCUT2D eigenvalue weighted by molar-refractivity contribution is 0.241. The number of aromatic hydroxyl groups is 1. The molecule has 0 radical (unpaired) electrons. The number of nitrogens with zero attached hydrogens (tertiary/aromatic N) is 2. The van der Waals surface area contributed by atoms with E-state index in [2.05, 4.69) is 20.5 Å². The predicted octanol–water partition coefficient (Wildman–Crippen LogP) is 1.55. The molecule has 27 heavy (non-hydrogen) atoms. The molecule has 3 rings (SSSR count). The number of aromatic amines is 1. The molecule has 0 amide bonds. The number of thiocarbonyl (C=S) groups is 1. The first-order chi connectivity index (χ1) is 12.9. The number of rotatable bonds is 4. The summed E-state index contributed by atoms with van der Waals surface area (Å²) in [5.41, 5.74) is 7.79. The van der Waals surface area contributed by atoms with Crippen molar-refractivity contribution >= 4 is 45.7 Å². The topological polar surface area (TPSA) is 137 Å². The SMILES string of the molecule is NC(=S)N/N=C(/c1nc2ccc(Cl)cc2[nH]c1=O)C(O)c1ccccc1O. The second-order valence-electron chi connectivity index (χ2n) is 5.51. The highest BCUT2D eigenvalue weighted by atomic mass is 35.5. The number of aromatic nitrogens is 2. The van der Waals surface area contributed by atoms with Gasteiger partial charge in [-0.1, -0.05) is 29.8 Å². The summed E-state index contributed by atoms with van der Waals surface area (Å²) in [6.07, 6.45) is -1.47. The minimum atomic E-state index is -1.47. The van der Waals surface area contributed by atoms with Crippen molar-refractivity contribution < 1.29 is 10.2 Å². The highest BCUT2D eigenvalue weighted by Crippen LogP contribution is 2.26. The van der Waals surface area contributed by atoms with Gasteiger partial charge >= 0.3 is 0 Å². The summed E-state index contributed by atoms with van der Waals surface area (Å²) in [6.45, 7) is 0. The number of nitrogens with two attached hydrogens (primary N) is 1. The molecule has 0 saturated heterocycles. The quantitative estimate of drug-likeness (QED) is 0.253. The smallest absolute Gasteiger partial charge is 0.276 e. The van der Waals surface area contributed by atoms with Crippen molar-refractivity contribution in [1.82, 2.24) is 15.4 Å². The molecule has 138 valence electrons. The zero-order valence-corrected chi connectivity index (χ0v) is 15.3. The molecular weight excluding hydrogens is 390 g/mol. The Bertz CT molecular complexity index is 1120. The Morgan fingerprint density at radius 1 is 1.33 bits per heavy atom. The van der Waals surface area contributed by atoms with Crippen LogP contribution in [0.15, 0.2) is 52.4 Å². The molecule has 1 atom stereocenters. The Hall–Kier alpha value is -3.01. The second kappa shape index (κ2) is 7.70. The molecule has 3 aromatic rings. The Morgan fingerprint density at radius 2 is 2.07 bits per heavy atom. The fraction of sp³-hybridized carbons (Fsp3) is 0.0588. The summed E-state index contributed by atoms with van der Waals surface area (Å²) in [4.78, 5) is 19.5. The third kappa shape index (κ3) is 4.05. The zero-order valence-electron chi connectivity index (χ0n) is 13.7. The molecule has 6 N–H and O–H groups in total. The average Bonchev–Trinajstić information content (AvgIpc) is 2.62. The maximum atomic E-state index is 12.5. The van der Waals surface area contributed by atoms with E-state index in [4.69, 9.17) is 29.6 Å². The summed E-state index contributed by atoms with van der Waals surface area (Å²) in [7, 11) is 0. The summed E-state index contributed by atoms with van der Waals surface area (Å²) in [5.74, 6) is -0.169. The first-order valence-electron chi connectivity index (χ1n) is 7.65. The van der Waals surface area contributed by atoms with E-state index in [1.165, 1.54) is 12.1 Å². The zero-order chi connectivity index (χ0) is 19.6. The van der Waals surface area contributed by atoms with Crippen LogP contribution in [0, 0.1) is 0 Å². The minimum absolute atomic E-state index is 0.137. The summed E-state index contributed by atoms with van der Waals surface area (Å²) in [6, 6.07) is 10.9. The third-order valence-corrected chi connectivity index (χ3v) is 4.00. The molecule has 0 aliphatic carbocycles. The van der Waals surface area contributed by atoms with Gasteiger partial charge in [0, 0.05) is 10.6 Å². The van der Waals surface area contributed by atoms with Crippen LogP contribution in [0.1, 0.15) is 17.4 Å². The van der Waals surface area contributed by atoms with Crippen LogP contribution in [0.3, 0.4) is 0 Å². The van der Waals surface area contributed by atoms with E-state index in [-0.39, 0.29) is 27.8 Å². The molecular formula is C17H14ClN5O3S. The van der Waals surface area contributed by atoms with Crippen LogP contribution in [0.2, 0.25) is 5.02 Å². The highest BCUT2D eigenvalue weighted by molar-refractivity contribution is 7.80. The number of para-hydroxylation sites is 1. The van der Waals surface area contributed by atoms with Crippen LogP contribution >= 0.6 is 23.8 Å². The van der Waals surface area contributed by atoms with Crippen molar-refractivity contribution in [2.75, 3.05) is 0 Å². The number of halogens is 1. The lowest BCUT2D eigenvalue weighted by atomic mass is 10.0. The highest BCUT2D eigenvalue weighted by Gasteiger charge is 2.24. The summed E-state index contributed by atoms with van der Waals surface area (Å²) >= 11 is 10.7. The number of phenolic OH excluding ortho intramolecular Hbond substituents is 1. The molecule has 1 aromatic heterocycles. The minimum Gasteiger partial charge on any atom is -0.508 e. The molecule has 0 aliphatic heterocycles. The van der Waals surface area contributed by atoms with Crippen molar-refractivity contribution in [1.29, 1.82) is 0 Å². The monoisotopic (exact) mass is 403 g/mol. The van der Waals surface area contributed by atoms with E-state index in [0.717, 1.165) is 0 Å². The van der Waals surface area contributed by atoms with E-state index in [1.807, 2.05) is 0 Å². The van der Waals surface area contributed by atoms with Crippen LogP contribution in [0.4, 0.5) is 0 Å². The molecule has 0 spiro atoms. The molecule has 2 aromatic carbocycles. The lowest BCUT2D eigenvalue weighted by Gasteiger charge is -2.15. The normalized spacial score (nSPS) is 12.7. The Kier molecular flexibility index (Phi) is 5.36. The van der Waals surface area contributed by atoms with Crippen molar-refractivity contribution in [3.63, 3.8) is 0 Å². The van der Waals surface area contributed by atoms with E-state index in [1.54, 1.807) is 30.3 Å². The average molecular weight is 404 g/mol. The van der Waals surface area contributed by atoms with E-state index in [9.17, 15) is 15.0 Å². The van der Waals surface area contributed by atoms with Crippen LogP contribution in [0.5, 0.6) is 5.75 Å². The molecule has 0 fully saturated rings. The Morgan fingerprint density at radius 3 is 2.78 bits per heavy atom. The molecule has 1 heterocycles. The number of fused-ring (bicyclic) bond motifs is 1. The molecule has 0 bridgehead atoms. The van der Waals surface area contributed by atoms with Gasteiger partial charge in [0.25, 0.3) is 5.56 Å². The first kappa shape index (κ1) is 18.8. The van der Waals surface area contributed by atoms with Crippen molar-refractivity contribution in [2.24, 2.45) is 10.8 Å². The van der Waals surface area contributed by atoms with Gasteiger partial charge in [-0.3, -0.25) is 10.2 Å². The molecule has 8 nitrogen and oxygen atoms in total. The van der Waals surface area contributed by atoms with Gasteiger partial charge in [0.05, 0.1) is 11.0 Å². The van der Waals surface area contributed by atoms with Crippen LogP contribution in [-0.2, 0) is 0 Å². The second-order valence-corrected chi connectivity index (χ2v) is 6.39. The van der Waals surface area contributed by atoms with Crippen LogP contribution < -0.4 is 16.7 Å². The standard InChI is InChI=1S/C17H14ClN5O3S/c18-8-5-6-10-11(7-8)21-16(26)14(20-10)13(22-23-17(19)27)15(25)9-3-1-2-4-12(9)24/h1-7,15,24-25H,(H,21,26)(H3,19,23,27)/b22-13-.